The zero-order valence-corrected chi connectivity index (χ0v) is 16.9. The fraction of sp³-hybridized carbons (Fsp3) is 0.304. The predicted octanol–water partition coefficient (Wildman–Crippen LogP) is 1.69. The zero-order chi connectivity index (χ0) is 21.8. The van der Waals surface area contributed by atoms with E-state index in [0.717, 1.165) is 4.90 Å². The van der Waals surface area contributed by atoms with Crippen LogP contribution in [0.4, 0.5) is 5.69 Å². The maximum absolute atomic E-state index is 12.8. The van der Waals surface area contributed by atoms with Crippen LogP contribution in [0.3, 0.4) is 0 Å². The van der Waals surface area contributed by atoms with Gasteiger partial charge in [0.1, 0.15) is 0 Å². The molecule has 160 valence electrons. The number of anilines is 1. The van der Waals surface area contributed by atoms with Gasteiger partial charge in [-0.2, -0.15) is 0 Å². The van der Waals surface area contributed by atoms with Gasteiger partial charge >= 0.3 is 5.97 Å². The average Bonchev–Trinajstić information content (AvgIpc) is 3.12. The molecule has 0 bridgehead atoms. The Morgan fingerprint density at radius 1 is 0.935 bits per heavy atom. The molecule has 8 nitrogen and oxygen atoms in total. The summed E-state index contributed by atoms with van der Waals surface area (Å²) >= 11 is 0. The minimum Gasteiger partial charge on any atom is -0.454 e. The monoisotopic (exact) mass is 422 g/mol. The Kier molecular flexibility index (Phi) is 6.20. The van der Waals surface area contributed by atoms with E-state index >= 15 is 0 Å². The average molecular weight is 422 g/mol. The Morgan fingerprint density at radius 3 is 2.29 bits per heavy atom. The van der Waals surface area contributed by atoms with Crippen LogP contribution >= 0.6 is 0 Å². The quantitative estimate of drug-likeness (QED) is 0.397. The number of amides is 2. The number of esters is 1. The lowest BCUT2D eigenvalue weighted by Crippen LogP contribution is -2.47. The Balaban J connectivity index is 1.38. The molecule has 2 aromatic carbocycles. The van der Waals surface area contributed by atoms with Crippen molar-refractivity contribution in [3.63, 3.8) is 0 Å². The van der Waals surface area contributed by atoms with Crippen molar-refractivity contribution in [1.29, 1.82) is 0 Å². The molecule has 0 radical (unpaired) electrons. The maximum Gasteiger partial charge on any atom is 0.338 e. The van der Waals surface area contributed by atoms with Gasteiger partial charge in [0.25, 0.3) is 5.91 Å². The van der Waals surface area contributed by atoms with Gasteiger partial charge in [0.2, 0.25) is 5.91 Å². The summed E-state index contributed by atoms with van der Waals surface area (Å²) in [6.45, 7) is 1.95. The van der Waals surface area contributed by atoms with E-state index in [9.17, 15) is 19.2 Å². The fourth-order valence-corrected chi connectivity index (χ4v) is 3.73. The van der Waals surface area contributed by atoms with Gasteiger partial charge in [-0.25, -0.2) is 9.69 Å². The molecule has 4 rings (SSSR count). The van der Waals surface area contributed by atoms with Crippen molar-refractivity contribution in [3.8, 4) is 0 Å². The number of nitrogens with zero attached hydrogens (tertiary/aromatic N) is 2. The van der Waals surface area contributed by atoms with Crippen molar-refractivity contribution in [3.05, 3.63) is 65.7 Å². The summed E-state index contributed by atoms with van der Waals surface area (Å²) in [6, 6.07) is 14.1. The van der Waals surface area contributed by atoms with Crippen molar-refractivity contribution in [2.24, 2.45) is 0 Å². The molecule has 2 heterocycles. The van der Waals surface area contributed by atoms with E-state index < -0.39 is 12.0 Å². The largest absolute Gasteiger partial charge is 0.454 e. The number of ketones is 1. The van der Waals surface area contributed by atoms with Crippen LogP contribution < -0.4 is 4.90 Å². The Labute approximate surface area is 179 Å². The molecule has 1 unspecified atom stereocenters. The SMILES string of the molecule is O=C(COC(=O)c1ccc(N2C(=O)CC(N3CCOCC3)C2=O)cc1)c1ccccc1. The molecule has 0 spiro atoms. The highest BCUT2D eigenvalue weighted by atomic mass is 16.5. The first-order chi connectivity index (χ1) is 15.0. The van der Waals surface area contributed by atoms with Gasteiger partial charge in [-0.05, 0) is 24.3 Å². The van der Waals surface area contributed by atoms with Gasteiger partial charge in [0, 0.05) is 18.7 Å². The molecule has 31 heavy (non-hydrogen) atoms. The normalized spacial score (nSPS) is 19.5. The number of Topliss-reactive ketones (excluding diaryl/α,β-unsaturated/α-hetero) is 1. The van der Waals surface area contributed by atoms with E-state index in [1.165, 1.54) is 24.3 Å². The summed E-state index contributed by atoms with van der Waals surface area (Å²) in [4.78, 5) is 52.8. The number of imide groups is 1. The van der Waals surface area contributed by atoms with E-state index in [2.05, 4.69) is 0 Å². The second-order valence-electron chi connectivity index (χ2n) is 7.35. The number of carbonyl (C=O) groups is 4. The van der Waals surface area contributed by atoms with Gasteiger partial charge in [0.15, 0.2) is 12.4 Å². The van der Waals surface area contributed by atoms with Gasteiger partial charge < -0.3 is 9.47 Å². The topological polar surface area (TPSA) is 93.2 Å². The summed E-state index contributed by atoms with van der Waals surface area (Å²) in [5.41, 5.74) is 1.10. The summed E-state index contributed by atoms with van der Waals surface area (Å²) in [5.74, 6) is -1.49. The van der Waals surface area contributed by atoms with Crippen molar-refractivity contribution in [2.45, 2.75) is 12.5 Å². The molecule has 2 aliphatic heterocycles. The third-order valence-electron chi connectivity index (χ3n) is 5.40. The number of rotatable bonds is 6. The number of morpholine rings is 1. The van der Waals surface area contributed by atoms with Crippen LogP contribution in [-0.4, -0.2) is 67.4 Å². The van der Waals surface area contributed by atoms with E-state index in [1.807, 2.05) is 4.90 Å². The van der Waals surface area contributed by atoms with Gasteiger partial charge in [0.05, 0.1) is 36.9 Å². The summed E-state index contributed by atoms with van der Waals surface area (Å²) in [7, 11) is 0. The van der Waals surface area contributed by atoms with Crippen molar-refractivity contribution >= 4 is 29.3 Å². The lowest BCUT2D eigenvalue weighted by atomic mass is 10.1. The first-order valence-electron chi connectivity index (χ1n) is 10.1. The molecule has 2 amide bonds. The number of ether oxygens (including phenoxy) is 2. The first-order valence-corrected chi connectivity index (χ1v) is 10.1. The van der Waals surface area contributed by atoms with E-state index in [1.54, 1.807) is 30.3 Å². The number of hydrogen-bond donors (Lipinski definition) is 0. The third-order valence-corrected chi connectivity index (χ3v) is 5.40. The van der Waals surface area contributed by atoms with Crippen LogP contribution in [0, 0.1) is 0 Å². The van der Waals surface area contributed by atoms with Crippen molar-refractivity contribution in [2.75, 3.05) is 37.8 Å². The Morgan fingerprint density at radius 2 is 1.61 bits per heavy atom. The van der Waals surface area contributed by atoms with Crippen LogP contribution in [0.25, 0.3) is 0 Å². The van der Waals surface area contributed by atoms with Crippen LogP contribution in [0.15, 0.2) is 54.6 Å². The van der Waals surface area contributed by atoms with Crippen molar-refractivity contribution < 1.29 is 28.7 Å². The van der Waals surface area contributed by atoms with Gasteiger partial charge in [-0.15, -0.1) is 0 Å². The molecule has 8 heteroatoms. The van der Waals surface area contributed by atoms with Crippen LogP contribution in [0.1, 0.15) is 27.1 Å². The molecular weight excluding hydrogens is 400 g/mol. The van der Waals surface area contributed by atoms with E-state index in [4.69, 9.17) is 9.47 Å². The number of carbonyl (C=O) groups excluding carboxylic acids is 4. The van der Waals surface area contributed by atoms with E-state index in [0.29, 0.717) is 37.6 Å². The smallest absolute Gasteiger partial charge is 0.338 e. The summed E-state index contributed by atoms with van der Waals surface area (Å²) in [5, 5.41) is 0. The van der Waals surface area contributed by atoms with Gasteiger partial charge in [-0.1, -0.05) is 30.3 Å². The minimum absolute atomic E-state index is 0.129. The highest BCUT2D eigenvalue weighted by Crippen LogP contribution is 2.26. The fourth-order valence-electron chi connectivity index (χ4n) is 3.73. The van der Waals surface area contributed by atoms with Gasteiger partial charge in [-0.3, -0.25) is 19.3 Å². The second kappa shape index (κ2) is 9.20. The molecule has 0 aromatic heterocycles. The Hall–Kier alpha value is -3.36. The third kappa shape index (κ3) is 4.55. The molecule has 2 saturated heterocycles. The van der Waals surface area contributed by atoms with Crippen molar-refractivity contribution in [1.82, 2.24) is 4.90 Å². The number of hydrogen-bond acceptors (Lipinski definition) is 7. The van der Waals surface area contributed by atoms with Crippen LogP contribution in [0.2, 0.25) is 0 Å². The summed E-state index contributed by atoms with van der Waals surface area (Å²) < 4.78 is 10.4. The van der Waals surface area contributed by atoms with E-state index in [-0.39, 0.29) is 36.2 Å². The molecule has 2 aliphatic rings. The molecule has 2 aromatic rings. The highest BCUT2D eigenvalue weighted by Gasteiger charge is 2.43. The molecule has 0 aliphatic carbocycles. The van der Waals surface area contributed by atoms with Crippen LogP contribution in [-0.2, 0) is 19.1 Å². The molecule has 1 atom stereocenters. The second-order valence-corrected chi connectivity index (χ2v) is 7.35. The zero-order valence-electron chi connectivity index (χ0n) is 16.9. The highest BCUT2D eigenvalue weighted by molar-refractivity contribution is 6.22. The summed E-state index contributed by atoms with van der Waals surface area (Å²) in [6.07, 6.45) is 0.129. The lowest BCUT2D eigenvalue weighted by Gasteiger charge is -2.30. The first kappa shape index (κ1) is 20.9. The van der Waals surface area contributed by atoms with Crippen LogP contribution in [0.5, 0.6) is 0 Å². The maximum atomic E-state index is 12.8. The molecular formula is C23H22N2O6. The standard InChI is InChI=1S/C23H22N2O6/c26-20(16-4-2-1-3-5-16)15-31-23(29)17-6-8-18(9-7-17)25-21(27)14-19(22(25)28)24-10-12-30-13-11-24/h1-9,19H,10-15H2. The number of benzene rings is 2. The minimum atomic E-state index is -0.652. The Bertz CT molecular complexity index is 983. The molecule has 0 saturated carbocycles. The predicted molar refractivity (Wildman–Crippen MR) is 111 cm³/mol. The molecule has 2 fully saturated rings. The molecule has 0 N–H and O–H groups in total. The lowest BCUT2D eigenvalue weighted by molar-refractivity contribution is -0.123.